The van der Waals surface area contributed by atoms with Crippen molar-refractivity contribution in [2.75, 3.05) is 0 Å². The molecule has 3 N–H and O–H groups in total. The van der Waals surface area contributed by atoms with Crippen molar-refractivity contribution in [3.63, 3.8) is 0 Å². The number of rotatable bonds is 3. The SMILES string of the molecule is O[C@]1(c2c3ccccc3cc3ccccc23)c2ccccc2-c2c1c1c(c3c2[C@](O)(c2c4ccccc4cc4ccccc24)c2ccccc2-3)[C@](O)(c2c3ccccc3cc3ccccc23)c2ccccc2-1. The van der Waals surface area contributed by atoms with Crippen LogP contribution < -0.4 is 0 Å². The molecule has 0 amide bonds. The molecule has 3 aliphatic carbocycles. The Hall–Kier alpha value is -8.70. The molecule has 0 heterocycles. The number of aliphatic hydroxyl groups is 3. The summed E-state index contributed by atoms with van der Waals surface area (Å²) >= 11 is 0. The Labute approximate surface area is 414 Å². The van der Waals surface area contributed by atoms with Crippen molar-refractivity contribution in [1.82, 2.24) is 0 Å². The predicted octanol–water partition coefficient (Wildman–Crippen LogP) is 15.4. The highest BCUT2D eigenvalue weighted by atomic mass is 16.3. The molecule has 72 heavy (non-hydrogen) atoms. The summed E-state index contributed by atoms with van der Waals surface area (Å²) in [5, 5.41) is 57.2. The average molecular weight is 919 g/mol. The lowest BCUT2D eigenvalue weighted by Gasteiger charge is -2.36. The van der Waals surface area contributed by atoms with Crippen LogP contribution in [-0.4, -0.2) is 15.3 Å². The van der Waals surface area contributed by atoms with Crippen molar-refractivity contribution in [3.8, 4) is 33.4 Å². The zero-order valence-electron chi connectivity index (χ0n) is 38.9. The molecule has 0 radical (unpaired) electrons. The molecule has 3 nitrogen and oxygen atoms in total. The molecule has 336 valence electrons. The summed E-state index contributed by atoms with van der Waals surface area (Å²) in [5.41, 5.74) is 5.82. The van der Waals surface area contributed by atoms with E-state index < -0.39 is 16.8 Å². The lowest BCUT2D eigenvalue weighted by Crippen LogP contribution is -2.32. The van der Waals surface area contributed by atoms with Gasteiger partial charge in [-0.2, -0.15) is 0 Å². The average Bonchev–Trinajstić information content (AvgIpc) is 3.96. The first-order valence-corrected chi connectivity index (χ1v) is 24.8. The Morgan fingerprint density at radius 3 is 0.639 bits per heavy atom. The smallest absolute Gasteiger partial charge is 0.143 e. The minimum Gasteiger partial charge on any atom is -0.376 e. The predicted molar refractivity (Wildman–Crippen MR) is 293 cm³/mol. The van der Waals surface area contributed by atoms with Crippen molar-refractivity contribution in [2.24, 2.45) is 0 Å². The number of fused-ring (bicyclic) bond motifs is 18. The van der Waals surface area contributed by atoms with Crippen LogP contribution in [0.3, 0.4) is 0 Å². The van der Waals surface area contributed by atoms with Crippen molar-refractivity contribution >= 4 is 64.6 Å². The van der Waals surface area contributed by atoms with Crippen molar-refractivity contribution in [3.05, 3.63) is 287 Å². The Balaban J connectivity index is 1.21. The molecule has 0 fully saturated rings. The fourth-order valence-electron chi connectivity index (χ4n) is 14.1. The van der Waals surface area contributed by atoms with Crippen molar-refractivity contribution < 1.29 is 15.3 Å². The summed E-state index contributed by atoms with van der Waals surface area (Å²) in [7, 11) is 0. The van der Waals surface area contributed by atoms with Gasteiger partial charge in [0.25, 0.3) is 0 Å². The van der Waals surface area contributed by atoms with Gasteiger partial charge in [-0.1, -0.05) is 218 Å². The second-order valence-corrected chi connectivity index (χ2v) is 20.1. The summed E-state index contributed by atoms with van der Waals surface area (Å²) in [6, 6.07) is 81.7. The molecular formula is C69H42O3. The Bertz CT molecular complexity index is 3940. The van der Waals surface area contributed by atoms with Crippen LogP contribution in [0.5, 0.6) is 0 Å². The van der Waals surface area contributed by atoms with Crippen LogP contribution in [0, 0.1) is 0 Å². The standard InChI is InChI=1S/C69H42O3/c70-67(61-46-25-7-1-19-40(46)37-41-20-2-8-26-47(41)61)55-34-16-13-31-52(55)58-64(67)59-53-32-14-17-35-56(53)68(71,62-48-27-9-3-21-42(48)38-43-22-4-10-28-49(43)62)66(59)60-54-33-15-18-36-57(54)69(72,65(58)60)63-50-29-11-5-23-44(50)39-45-24-6-12-30-51(45)63/h1-39,70-72H/t67-,68-,69+/m1/s1. The minimum absolute atomic E-state index is 0.655. The summed E-state index contributed by atoms with van der Waals surface area (Å²) < 4.78 is 0. The van der Waals surface area contributed by atoms with Gasteiger partial charge in [-0.25, -0.2) is 0 Å². The molecule has 0 aliphatic heterocycles. The molecule has 3 heteroatoms. The maximum atomic E-state index is 15.2. The van der Waals surface area contributed by atoms with Crippen LogP contribution in [0.2, 0.25) is 0 Å². The van der Waals surface area contributed by atoms with E-state index in [4.69, 9.17) is 0 Å². The maximum Gasteiger partial charge on any atom is 0.143 e. The van der Waals surface area contributed by atoms with Gasteiger partial charge in [-0.3, -0.25) is 0 Å². The largest absolute Gasteiger partial charge is 0.376 e. The highest BCUT2D eigenvalue weighted by Gasteiger charge is 2.60. The Morgan fingerprint density at radius 1 is 0.208 bits per heavy atom. The van der Waals surface area contributed by atoms with Gasteiger partial charge in [0, 0.05) is 50.1 Å². The van der Waals surface area contributed by atoms with Crippen LogP contribution in [0.25, 0.3) is 98.0 Å². The molecule has 0 saturated carbocycles. The number of benzene rings is 13. The number of hydrogen-bond acceptors (Lipinski definition) is 3. The Kier molecular flexibility index (Phi) is 7.79. The van der Waals surface area contributed by atoms with E-state index in [1.54, 1.807) is 0 Å². The molecule has 13 aromatic carbocycles. The van der Waals surface area contributed by atoms with Gasteiger partial charge in [0.05, 0.1) is 0 Å². The topological polar surface area (TPSA) is 60.7 Å². The van der Waals surface area contributed by atoms with E-state index in [-0.39, 0.29) is 0 Å². The molecule has 16 rings (SSSR count). The zero-order valence-corrected chi connectivity index (χ0v) is 38.9. The normalized spacial score (nSPS) is 19.2. The van der Waals surface area contributed by atoms with Gasteiger partial charge in [0.15, 0.2) is 0 Å². The third kappa shape index (κ3) is 4.76. The van der Waals surface area contributed by atoms with E-state index in [2.05, 4.69) is 218 Å². The molecule has 0 saturated heterocycles. The van der Waals surface area contributed by atoms with E-state index in [0.29, 0.717) is 16.7 Å². The van der Waals surface area contributed by atoms with Crippen LogP contribution >= 0.6 is 0 Å². The second-order valence-electron chi connectivity index (χ2n) is 20.1. The zero-order chi connectivity index (χ0) is 47.7. The van der Waals surface area contributed by atoms with Gasteiger partial charge in [0.2, 0.25) is 0 Å². The fourth-order valence-corrected chi connectivity index (χ4v) is 14.1. The third-order valence-corrected chi connectivity index (χ3v) is 16.7. The first-order chi connectivity index (χ1) is 35.4. The van der Waals surface area contributed by atoms with Crippen molar-refractivity contribution in [2.45, 2.75) is 16.8 Å². The van der Waals surface area contributed by atoms with Crippen LogP contribution in [-0.2, 0) is 16.8 Å². The lowest BCUT2D eigenvalue weighted by molar-refractivity contribution is 0.126. The molecule has 3 atom stereocenters. The summed E-state index contributed by atoms with van der Waals surface area (Å²) in [5.74, 6) is 0. The third-order valence-electron chi connectivity index (χ3n) is 16.7. The van der Waals surface area contributed by atoms with E-state index in [1.165, 1.54) is 0 Å². The van der Waals surface area contributed by atoms with Gasteiger partial charge < -0.3 is 15.3 Å². The first kappa shape index (κ1) is 40.1. The second kappa shape index (κ2) is 14.0. The summed E-state index contributed by atoms with van der Waals surface area (Å²) in [6.07, 6.45) is 0. The van der Waals surface area contributed by atoms with E-state index in [1.807, 2.05) is 18.2 Å². The summed E-state index contributed by atoms with van der Waals surface area (Å²) in [6.45, 7) is 0. The van der Waals surface area contributed by atoms with E-state index in [9.17, 15) is 0 Å². The monoisotopic (exact) mass is 918 g/mol. The van der Waals surface area contributed by atoms with Gasteiger partial charge in [0.1, 0.15) is 16.8 Å². The van der Waals surface area contributed by atoms with Crippen LogP contribution in [0.1, 0.15) is 50.1 Å². The van der Waals surface area contributed by atoms with Gasteiger partial charge >= 0.3 is 0 Å². The maximum absolute atomic E-state index is 15.2. The molecule has 0 spiro atoms. The van der Waals surface area contributed by atoms with Crippen LogP contribution in [0.15, 0.2) is 237 Å². The molecule has 0 unspecified atom stereocenters. The summed E-state index contributed by atoms with van der Waals surface area (Å²) in [4.78, 5) is 0. The van der Waals surface area contributed by atoms with Gasteiger partial charge in [-0.15, -0.1) is 0 Å². The fraction of sp³-hybridized carbons (Fsp3) is 0.0435. The van der Waals surface area contributed by atoms with Gasteiger partial charge in [-0.05, 0) is 116 Å². The first-order valence-electron chi connectivity index (χ1n) is 24.8. The van der Waals surface area contributed by atoms with E-state index in [0.717, 1.165) is 131 Å². The highest BCUT2D eigenvalue weighted by molar-refractivity contribution is 6.14. The lowest BCUT2D eigenvalue weighted by atomic mass is 9.71. The molecule has 0 bridgehead atoms. The quantitative estimate of drug-likeness (QED) is 0.155. The van der Waals surface area contributed by atoms with E-state index >= 15 is 15.3 Å². The molecular weight excluding hydrogens is 877 g/mol. The molecule has 3 aliphatic rings. The number of hydrogen-bond donors (Lipinski definition) is 3. The minimum atomic E-state index is -1.82. The molecule has 0 aromatic heterocycles. The highest BCUT2D eigenvalue weighted by Crippen LogP contribution is 2.70. The van der Waals surface area contributed by atoms with Crippen LogP contribution in [0.4, 0.5) is 0 Å². The Morgan fingerprint density at radius 2 is 0.403 bits per heavy atom. The molecule has 13 aromatic rings. The van der Waals surface area contributed by atoms with Crippen molar-refractivity contribution in [1.29, 1.82) is 0 Å².